The summed E-state index contributed by atoms with van der Waals surface area (Å²) in [5.74, 6) is 0. The third-order valence-electron chi connectivity index (χ3n) is 1.23. The van der Waals surface area contributed by atoms with Crippen LogP contribution < -0.4 is 5.73 Å². The lowest BCUT2D eigenvalue weighted by Gasteiger charge is -1.90. The predicted octanol–water partition coefficient (Wildman–Crippen LogP) is 2.08. The normalized spacial score (nSPS) is 10.9. The van der Waals surface area contributed by atoms with Gasteiger partial charge in [-0.15, -0.1) is 0 Å². The zero-order chi connectivity index (χ0) is 6.95. The summed E-state index contributed by atoms with van der Waals surface area (Å²) in [5, 5.41) is 0. The molecule has 0 aromatic carbocycles. The molecule has 0 saturated carbocycles. The molecule has 0 unspecified atom stereocenters. The Morgan fingerprint density at radius 1 is 1.22 bits per heavy atom. The Hall–Kier alpha value is -0.300. The summed E-state index contributed by atoms with van der Waals surface area (Å²) < 4.78 is 0. The topological polar surface area (TPSA) is 26.0 Å². The Labute approximate surface area is 57.9 Å². The van der Waals surface area contributed by atoms with Gasteiger partial charge >= 0.3 is 0 Å². The zero-order valence-electron chi connectivity index (χ0n) is 6.27. The van der Waals surface area contributed by atoms with Gasteiger partial charge in [0.1, 0.15) is 0 Å². The zero-order valence-corrected chi connectivity index (χ0v) is 6.27. The van der Waals surface area contributed by atoms with Gasteiger partial charge in [0.25, 0.3) is 0 Å². The fraction of sp³-hybridized carbons (Fsp3) is 0.750. The van der Waals surface area contributed by atoms with Crippen LogP contribution in [0.1, 0.15) is 32.6 Å². The highest BCUT2D eigenvalue weighted by molar-refractivity contribution is 4.79. The van der Waals surface area contributed by atoms with Gasteiger partial charge in [-0.3, -0.25) is 0 Å². The summed E-state index contributed by atoms with van der Waals surface area (Å²) in [4.78, 5) is 0. The van der Waals surface area contributed by atoms with Gasteiger partial charge in [-0.1, -0.05) is 19.1 Å². The molecule has 0 radical (unpaired) electrons. The average Bonchev–Trinajstić information content (AvgIpc) is 1.89. The van der Waals surface area contributed by atoms with Crippen molar-refractivity contribution in [1.82, 2.24) is 0 Å². The summed E-state index contributed by atoms with van der Waals surface area (Å²) in [7, 11) is 0. The van der Waals surface area contributed by atoms with Crippen LogP contribution in [0.5, 0.6) is 0 Å². The summed E-state index contributed by atoms with van der Waals surface area (Å²) in [6, 6.07) is 0. The minimum absolute atomic E-state index is 0.833. The first kappa shape index (κ1) is 8.70. The minimum atomic E-state index is 0.833. The Balaban J connectivity index is 2.82. The number of rotatable bonds is 5. The third-order valence-corrected chi connectivity index (χ3v) is 1.23. The molecule has 0 aliphatic heterocycles. The van der Waals surface area contributed by atoms with Crippen LogP contribution in [0.3, 0.4) is 0 Å². The second kappa shape index (κ2) is 7.70. The van der Waals surface area contributed by atoms with E-state index in [1.54, 1.807) is 0 Å². The van der Waals surface area contributed by atoms with Crippen LogP contribution in [0.4, 0.5) is 0 Å². The minimum Gasteiger partial charge on any atom is -0.330 e. The Morgan fingerprint density at radius 2 is 2.00 bits per heavy atom. The van der Waals surface area contributed by atoms with E-state index in [2.05, 4.69) is 19.1 Å². The number of hydrogen-bond acceptors (Lipinski definition) is 1. The first-order valence-corrected chi connectivity index (χ1v) is 3.77. The van der Waals surface area contributed by atoms with Gasteiger partial charge < -0.3 is 5.73 Å². The van der Waals surface area contributed by atoms with Crippen molar-refractivity contribution in [2.45, 2.75) is 32.6 Å². The van der Waals surface area contributed by atoms with E-state index in [0.29, 0.717) is 0 Å². The molecule has 1 nitrogen and oxygen atoms in total. The van der Waals surface area contributed by atoms with E-state index in [1.807, 2.05) is 0 Å². The highest BCUT2D eigenvalue weighted by Crippen LogP contribution is 1.94. The monoisotopic (exact) mass is 127 g/mol. The van der Waals surface area contributed by atoms with Crippen LogP contribution in [0.25, 0.3) is 0 Å². The molecule has 0 rings (SSSR count). The number of hydrogen-bond donors (Lipinski definition) is 1. The maximum Gasteiger partial charge on any atom is -0.00772 e. The lowest BCUT2D eigenvalue weighted by Crippen LogP contribution is -1.96. The maximum atomic E-state index is 5.32. The van der Waals surface area contributed by atoms with Gasteiger partial charge in [0, 0.05) is 0 Å². The highest BCUT2D eigenvalue weighted by Gasteiger charge is 1.79. The first-order chi connectivity index (χ1) is 4.41. The summed E-state index contributed by atoms with van der Waals surface area (Å²) in [6.45, 7) is 2.99. The fourth-order valence-electron chi connectivity index (χ4n) is 0.691. The molecule has 0 spiro atoms. The van der Waals surface area contributed by atoms with Crippen molar-refractivity contribution in [1.29, 1.82) is 0 Å². The first-order valence-electron chi connectivity index (χ1n) is 3.77. The largest absolute Gasteiger partial charge is 0.330 e. The molecule has 1 heteroatoms. The molecule has 0 aliphatic carbocycles. The molecule has 0 heterocycles. The fourth-order valence-corrected chi connectivity index (χ4v) is 0.691. The third kappa shape index (κ3) is 7.70. The molecule has 0 amide bonds. The lowest BCUT2D eigenvalue weighted by atomic mass is 10.2. The van der Waals surface area contributed by atoms with E-state index >= 15 is 0 Å². The van der Waals surface area contributed by atoms with Crippen LogP contribution in [-0.4, -0.2) is 6.54 Å². The van der Waals surface area contributed by atoms with Crippen LogP contribution in [0.15, 0.2) is 12.2 Å². The van der Waals surface area contributed by atoms with E-state index in [9.17, 15) is 0 Å². The molecular weight excluding hydrogens is 110 g/mol. The van der Waals surface area contributed by atoms with Crippen molar-refractivity contribution >= 4 is 0 Å². The van der Waals surface area contributed by atoms with Gasteiger partial charge in [0.05, 0.1) is 0 Å². The van der Waals surface area contributed by atoms with Gasteiger partial charge in [-0.2, -0.15) is 0 Å². The molecule has 54 valence electrons. The van der Waals surface area contributed by atoms with Crippen molar-refractivity contribution in [3.05, 3.63) is 12.2 Å². The summed E-state index contributed by atoms with van der Waals surface area (Å²) >= 11 is 0. The molecular formula is C8H17N. The van der Waals surface area contributed by atoms with E-state index in [-0.39, 0.29) is 0 Å². The SMILES string of the molecule is CCC=CCCCCN. The molecule has 0 bridgehead atoms. The molecule has 0 atom stereocenters. The van der Waals surface area contributed by atoms with Crippen molar-refractivity contribution in [3.8, 4) is 0 Å². The van der Waals surface area contributed by atoms with Gasteiger partial charge in [-0.05, 0) is 32.2 Å². The molecule has 0 aromatic rings. The highest BCUT2D eigenvalue weighted by atomic mass is 14.5. The quantitative estimate of drug-likeness (QED) is 0.444. The van der Waals surface area contributed by atoms with E-state index in [4.69, 9.17) is 5.73 Å². The van der Waals surface area contributed by atoms with Gasteiger partial charge in [0.15, 0.2) is 0 Å². The molecule has 0 saturated heterocycles. The average molecular weight is 127 g/mol. The van der Waals surface area contributed by atoms with Gasteiger partial charge in [0.2, 0.25) is 0 Å². The van der Waals surface area contributed by atoms with Crippen LogP contribution >= 0.6 is 0 Å². The van der Waals surface area contributed by atoms with E-state index < -0.39 is 0 Å². The Kier molecular flexibility index (Phi) is 7.44. The number of unbranched alkanes of at least 4 members (excludes halogenated alkanes) is 2. The second-order valence-corrected chi connectivity index (χ2v) is 2.16. The lowest BCUT2D eigenvalue weighted by molar-refractivity contribution is 0.757. The van der Waals surface area contributed by atoms with Gasteiger partial charge in [-0.25, -0.2) is 0 Å². The van der Waals surface area contributed by atoms with Crippen LogP contribution in [0.2, 0.25) is 0 Å². The summed E-state index contributed by atoms with van der Waals surface area (Å²) in [5.41, 5.74) is 5.32. The Morgan fingerprint density at radius 3 is 2.56 bits per heavy atom. The molecule has 0 fully saturated rings. The molecule has 9 heavy (non-hydrogen) atoms. The Bertz CT molecular complexity index is 67.0. The predicted molar refractivity (Wildman–Crippen MR) is 42.3 cm³/mol. The van der Waals surface area contributed by atoms with Crippen LogP contribution in [-0.2, 0) is 0 Å². The maximum absolute atomic E-state index is 5.32. The molecule has 0 aromatic heterocycles. The standard InChI is InChI=1S/C8H17N/c1-2-3-4-5-6-7-8-9/h3-4H,2,5-9H2,1H3. The van der Waals surface area contributed by atoms with E-state index in [0.717, 1.165) is 19.4 Å². The van der Waals surface area contributed by atoms with Crippen molar-refractivity contribution in [2.75, 3.05) is 6.54 Å². The molecule has 2 N–H and O–H groups in total. The summed E-state index contributed by atoms with van der Waals surface area (Å²) in [6.07, 6.45) is 9.20. The number of allylic oxidation sites excluding steroid dienone is 2. The van der Waals surface area contributed by atoms with Crippen molar-refractivity contribution < 1.29 is 0 Å². The smallest absolute Gasteiger partial charge is 0.00772 e. The van der Waals surface area contributed by atoms with E-state index in [1.165, 1.54) is 12.8 Å². The second-order valence-electron chi connectivity index (χ2n) is 2.16. The van der Waals surface area contributed by atoms with Crippen LogP contribution in [0, 0.1) is 0 Å². The van der Waals surface area contributed by atoms with Crippen molar-refractivity contribution in [2.24, 2.45) is 5.73 Å². The van der Waals surface area contributed by atoms with Crippen molar-refractivity contribution in [3.63, 3.8) is 0 Å². The molecule has 0 aliphatic rings. The number of nitrogens with two attached hydrogens (primary N) is 1.